The van der Waals surface area contributed by atoms with Crippen molar-refractivity contribution in [2.24, 2.45) is 10.4 Å². The van der Waals surface area contributed by atoms with Gasteiger partial charge in [-0.05, 0) is 88.6 Å². The summed E-state index contributed by atoms with van der Waals surface area (Å²) in [6.07, 6.45) is 18.8. The third-order valence-corrected chi connectivity index (χ3v) is 10.0. The smallest absolute Gasteiger partial charge is 0.0456 e. The van der Waals surface area contributed by atoms with Gasteiger partial charge >= 0.3 is 0 Å². The van der Waals surface area contributed by atoms with Crippen LogP contribution < -0.4 is 4.90 Å². The normalized spacial score (nSPS) is 16.5. The predicted molar refractivity (Wildman–Crippen MR) is 213 cm³/mol. The Morgan fingerprint density at radius 2 is 1.38 bits per heavy atom. The maximum absolute atomic E-state index is 5.26. The van der Waals surface area contributed by atoms with E-state index in [1.54, 1.807) is 0 Å². The fourth-order valence-electron chi connectivity index (χ4n) is 7.63. The van der Waals surface area contributed by atoms with E-state index in [4.69, 9.17) is 4.99 Å². The number of hydrogen-bond acceptors (Lipinski definition) is 2. The Balaban J connectivity index is 1.38. The first-order chi connectivity index (χ1) is 22.9. The quantitative estimate of drug-likeness (QED) is 0.0908. The van der Waals surface area contributed by atoms with Crippen molar-refractivity contribution >= 4 is 32.9 Å². The molecule has 1 aliphatic heterocycles. The molecule has 48 heavy (non-hydrogen) atoms. The number of aliphatic imine (C=N–C) groups is 1. The first kappa shape index (κ1) is 35.1. The maximum atomic E-state index is 5.26. The van der Waals surface area contributed by atoms with E-state index in [9.17, 15) is 0 Å². The van der Waals surface area contributed by atoms with Gasteiger partial charge in [0, 0.05) is 41.0 Å². The molecule has 2 nitrogen and oxygen atoms in total. The van der Waals surface area contributed by atoms with Gasteiger partial charge in [-0.1, -0.05) is 152 Å². The second-order valence-electron chi connectivity index (χ2n) is 15.6. The van der Waals surface area contributed by atoms with Gasteiger partial charge in [0.25, 0.3) is 0 Å². The molecule has 1 aliphatic rings. The Bertz CT molecular complexity index is 1900. The summed E-state index contributed by atoms with van der Waals surface area (Å²) < 4.78 is 0. The van der Waals surface area contributed by atoms with Gasteiger partial charge in [-0.2, -0.15) is 0 Å². The number of rotatable bonds is 11. The zero-order chi connectivity index (χ0) is 34.5. The molecular formula is C46H56N2. The van der Waals surface area contributed by atoms with E-state index in [0.717, 1.165) is 25.2 Å². The molecule has 4 aromatic rings. The number of anilines is 1. The van der Waals surface area contributed by atoms with Gasteiger partial charge in [-0.25, -0.2) is 0 Å². The van der Waals surface area contributed by atoms with Crippen molar-refractivity contribution in [3.05, 3.63) is 138 Å². The van der Waals surface area contributed by atoms with Gasteiger partial charge in [-0.15, -0.1) is 0 Å². The summed E-state index contributed by atoms with van der Waals surface area (Å²) in [6.45, 7) is 22.6. The van der Waals surface area contributed by atoms with Crippen molar-refractivity contribution in [3.8, 4) is 0 Å². The van der Waals surface area contributed by atoms with Crippen LogP contribution in [-0.4, -0.2) is 18.8 Å². The van der Waals surface area contributed by atoms with Crippen LogP contribution in [0.15, 0.2) is 126 Å². The van der Waals surface area contributed by atoms with E-state index in [2.05, 4.69) is 183 Å². The number of likely N-dealkylation sites (N-methyl/N-ethyl adjacent to an activating group) is 1. The summed E-state index contributed by atoms with van der Waals surface area (Å²) in [4.78, 5) is 7.73. The summed E-state index contributed by atoms with van der Waals surface area (Å²) in [6, 6.07) is 26.6. The lowest BCUT2D eigenvalue weighted by Crippen LogP contribution is -2.29. The van der Waals surface area contributed by atoms with Crippen molar-refractivity contribution < 1.29 is 0 Å². The van der Waals surface area contributed by atoms with Crippen LogP contribution in [0.25, 0.3) is 21.5 Å². The van der Waals surface area contributed by atoms with Crippen LogP contribution in [0.4, 0.5) is 5.69 Å². The molecule has 2 heteroatoms. The highest BCUT2D eigenvalue weighted by Gasteiger charge is 2.40. The third kappa shape index (κ3) is 7.44. The van der Waals surface area contributed by atoms with E-state index in [0.29, 0.717) is 5.41 Å². The van der Waals surface area contributed by atoms with E-state index in [1.807, 2.05) is 0 Å². The molecule has 0 N–H and O–H groups in total. The van der Waals surface area contributed by atoms with Gasteiger partial charge < -0.3 is 4.90 Å². The standard InChI is InChI=1S/C46H56N2/c1-10-48-39-31-30-36-23-17-19-25-38(36)43(39)46(8,9)41(48)27-15-13-11-12-14-26-40(47-33-21-20-32-44(3,4)5)45(6,7)42-34(2)28-29-35-22-16-18-24-37(35)42/h11-19,22-31H,10,20-21,32-33H2,1-9H3/b12-11+,15-13+,26-14+,41-27-,47-40-. The number of hydrogen-bond donors (Lipinski definition) is 0. The summed E-state index contributed by atoms with van der Waals surface area (Å²) in [5.41, 5.74) is 7.94. The van der Waals surface area contributed by atoms with Crippen molar-refractivity contribution in [1.29, 1.82) is 0 Å². The van der Waals surface area contributed by atoms with Gasteiger partial charge in [-0.3, -0.25) is 4.99 Å². The SMILES string of the molecule is CCN1\C(=C/C=C/C=C/C=C/C(=N/CCCCC(C)(C)C)C(C)(C)c2c(C)ccc3ccccc23)C(C)(C)c2c1ccc1ccccc21. The molecule has 0 saturated heterocycles. The number of nitrogens with zero attached hydrogens (tertiary/aromatic N) is 2. The summed E-state index contributed by atoms with van der Waals surface area (Å²) in [5, 5.41) is 5.25. The first-order valence-corrected chi connectivity index (χ1v) is 17.9. The Morgan fingerprint density at radius 1 is 0.750 bits per heavy atom. The minimum atomic E-state index is -0.240. The Hall–Kier alpha value is -4.17. The van der Waals surface area contributed by atoms with Gasteiger partial charge in [0.15, 0.2) is 0 Å². The lowest BCUT2D eigenvalue weighted by molar-refractivity contribution is 0.361. The first-order valence-electron chi connectivity index (χ1n) is 17.9. The second kappa shape index (κ2) is 14.5. The van der Waals surface area contributed by atoms with Crippen LogP contribution in [-0.2, 0) is 10.8 Å². The van der Waals surface area contributed by atoms with E-state index >= 15 is 0 Å². The Morgan fingerprint density at radius 3 is 2.08 bits per heavy atom. The van der Waals surface area contributed by atoms with Crippen molar-refractivity contribution in [2.75, 3.05) is 18.0 Å². The van der Waals surface area contributed by atoms with Crippen LogP contribution >= 0.6 is 0 Å². The highest BCUT2D eigenvalue weighted by Crippen LogP contribution is 2.50. The lowest BCUT2D eigenvalue weighted by Gasteiger charge is -2.29. The average Bonchev–Trinajstić information content (AvgIpc) is 3.27. The van der Waals surface area contributed by atoms with Gasteiger partial charge in [0.05, 0.1) is 0 Å². The molecule has 1 heterocycles. The van der Waals surface area contributed by atoms with Crippen LogP contribution in [0, 0.1) is 12.3 Å². The fraction of sp³-hybridized carbons (Fsp3) is 0.370. The molecule has 0 aliphatic carbocycles. The van der Waals surface area contributed by atoms with E-state index < -0.39 is 0 Å². The van der Waals surface area contributed by atoms with Crippen LogP contribution in [0.3, 0.4) is 0 Å². The minimum absolute atomic E-state index is 0.0796. The third-order valence-electron chi connectivity index (χ3n) is 10.0. The molecule has 0 spiro atoms. The monoisotopic (exact) mass is 636 g/mol. The second-order valence-corrected chi connectivity index (χ2v) is 15.6. The fourth-order valence-corrected chi connectivity index (χ4v) is 7.63. The Labute approximate surface area is 290 Å². The molecule has 0 radical (unpaired) electrons. The summed E-state index contributed by atoms with van der Waals surface area (Å²) in [7, 11) is 0. The molecular weight excluding hydrogens is 581 g/mol. The minimum Gasteiger partial charge on any atom is -0.344 e. The average molecular weight is 637 g/mol. The predicted octanol–water partition coefficient (Wildman–Crippen LogP) is 12.6. The highest BCUT2D eigenvalue weighted by atomic mass is 15.2. The number of fused-ring (bicyclic) bond motifs is 4. The molecule has 0 amide bonds. The Kier molecular flexibility index (Phi) is 10.6. The van der Waals surface area contributed by atoms with Gasteiger partial charge in [0.2, 0.25) is 0 Å². The maximum Gasteiger partial charge on any atom is 0.0456 e. The number of unbranched alkanes of at least 4 members (excludes halogenated alkanes) is 1. The topological polar surface area (TPSA) is 15.6 Å². The zero-order valence-electron chi connectivity index (χ0n) is 30.9. The van der Waals surface area contributed by atoms with Crippen molar-refractivity contribution in [3.63, 3.8) is 0 Å². The zero-order valence-corrected chi connectivity index (χ0v) is 30.9. The van der Waals surface area contributed by atoms with Gasteiger partial charge in [0.1, 0.15) is 0 Å². The largest absolute Gasteiger partial charge is 0.344 e. The molecule has 5 rings (SSSR count). The number of allylic oxidation sites excluding steroid dienone is 8. The van der Waals surface area contributed by atoms with Crippen LogP contribution in [0.2, 0.25) is 0 Å². The number of aryl methyl sites for hydroxylation is 1. The van der Waals surface area contributed by atoms with Crippen molar-refractivity contribution in [1.82, 2.24) is 0 Å². The molecule has 0 unspecified atom stereocenters. The summed E-state index contributed by atoms with van der Waals surface area (Å²) >= 11 is 0. The molecule has 0 aromatic heterocycles. The van der Waals surface area contributed by atoms with E-state index in [-0.39, 0.29) is 10.8 Å². The molecule has 4 aromatic carbocycles. The molecule has 0 saturated carbocycles. The molecule has 0 fully saturated rings. The molecule has 0 atom stereocenters. The lowest BCUT2D eigenvalue weighted by atomic mass is 9.75. The van der Waals surface area contributed by atoms with Crippen LogP contribution in [0.1, 0.15) is 91.3 Å². The molecule has 250 valence electrons. The van der Waals surface area contributed by atoms with Crippen LogP contribution in [0.5, 0.6) is 0 Å². The van der Waals surface area contributed by atoms with Crippen molar-refractivity contribution in [2.45, 2.75) is 92.4 Å². The summed E-state index contributed by atoms with van der Waals surface area (Å²) in [5.74, 6) is 0. The van der Waals surface area contributed by atoms with E-state index in [1.165, 1.54) is 62.5 Å². The highest BCUT2D eigenvalue weighted by molar-refractivity contribution is 6.06. The number of benzene rings is 4. The molecule has 0 bridgehead atoms.